The van der Waals surface area contributed by atoms with Gasteiger partial charge in [-0.05, 0) is 46.7 Å². The first-order valence-corrected chi connectivity index (χ1v) is 7.62. The molecule has 0 radical (unpaired) electrons. The molecule has 4 nitrogen and oxygen atoms in total. The number of likely N-dealkylation sites (N-methyl/N-ethyl adjacent to an activating group) is 1. The number of rotatable bonds is 6. The second-order valence-electron chi connectivity index (χ2n) is 6.35. The van der Waals surface area contributed by atoms with Crippen molar-refractivity contribution in [1.82, 2.24) is 9.80 Å². The van der Waals surface area contributed by atoms with Crippen LogP contribution in [0.5, 0.6) is 0 Å². The number of carbonyl (C=O) groups excluding carboxylic acids is 1. The molecule has 3 atom stereocenters. The number of likely N-dealkylation sites (tertiary alicyclic amines) is 1. The van der Waals surface area contributed by atoms with E-state index in [4.69, 9.17) is 5.73 Å². The molecule has 0 saturated carbocycles. The Labute approximate surface area is 118 Å². The summed E-state index contributed by atoms with van der Waals surface area (Å²) in [6, 6.07) is 0.768. The van der Waals surface area contributed by atoms with Gasteiger partial charge in [0.2, 0.25) is 5.91 Å². The van der Waals surface area contributed by atoms with Gasteiger partial charge in [0, 0.05) is 31.1 Å². The fraction of sp³-hybridized carbons (Fsp3) is 0.933. The summed E-state index contributed by atoms with van der Waals surface area (Å²) < 4.78 is 0. The van der Waals surface area contributed by atoms with Gasteiger partial charge in [-0.2, -0.15) is 0 Å². The van der Waals surface area contributed by atoms with Gasteiger partial charge >= 0.3 is 0 Å². The number of hydrogen-bond donors (Lipinski definition) is 1. The average Bonchev–Trinajstić information content (AvgIpc) is 2.37. The Morgan fingerprint density at radius 1 is 1.37 bits per heavy atom. The number of hydrogen-bond acceptors (Lipinski definition) is 3. The SMILES string of the molecule is CC(N)CCCC(C)C(=O)N1CCCC(N(C)C)C1. The predicted molar refractivity (Wildman–Crippen MR) is 80.0 cm³/mol. The summed E-state index contributed by atoms with van der Waals surface area (Å²) in [6.45, 7) is 5.91. The number of carbonyl (C=O) groups is 1. The van der Waals surface area contributed by atoms with Gasteiger partial charge in [0.1, 0.15) is 0 Å². The first-order chi connectivity index (χ1) is 8.91. The molecule has 3 unspecified atom stereocenters. The van der Waals surface area contributed by atoms with E-state index in [1.54, 1.807) is 0 Å². The van der Waals surface area contributed by atoms with Crippen LogP contribution >= 0.6 is 0 Å². The van der Waals surface area contributed by atoms with E-state index in [1.165, 1.54) is 6.42 Å². The number of nitrogens with two attached hydrogens (primary N) is 1. The van der Waals surface area contributed by atoms with Crippen molar-refractivity contribution in [3.05, 3.63) is 0 Å². The molecule has 0 aliphatic carbocycles. The molecule has 0 aromatic carbocycles. The van der Waals surface area contributed by atoms with Gasteiger partial charge in [0.05, 0.1) is 0 Å². The molecule has 1 aliphatic rings. The Morgan fingerprint density at radius 3 is 2.63 bits per heavy atom. The highest BCUT2D eigenvalue weighted by Crippen LogP contribution is 2.18. The normalized spacial score (nSPS) is 23.5. The molecule has 0 aromatic rings. The highest BCUT2D eigenvalue weighted by atomic mass is 16.2. The average molecular weight is 269 g/mol. The van der Waals surface area contributed by atoms with Crippen LogP contribution in [0.15, 0.2) is 0 Å². The summed E-state index contributed by atoms with van der Waals surface area (Å²) in [5.41, 5.74) is 5.75. The van der Waals surface area contributed by atoms with Crippen molar-refractivity contribution in [2.75, 3.05) is 27.2 Å². The van der Waals surface area contributed by atoms with Crippen LogP contribution in [0.2, 0.25) is 0 Å². The summed E-state index contributed by atoms with van der Waals surface area (Å²) in [5.74, 6) is 0.468. The van der Waals surface area contributed by atoms with Crippen molar-refractivity contribution >= 4 is 5.91 Å². The first-order valence-electron chi connectivity index (χ1n) is 7.62. The fourth-order valence-electron chi connectivity index (χ4n) is 2.76. The number of amides is 1. The second kappa shape index (κ2) is 7.85. The van der Waals surface area contributed by atoms with Crippen molar-refractivity contribution in [3.63, 3.8) is 0 Å². The van der Waals surface area contributed by atoms with Gasteiger partial charge in [0.15, 0.2) is 0 Å². The third kappa shape index (κ3) is 5.49. The van der Waals surface area contributed by atoms with Crippen LogP contribution in [0.1, 0.15) is 46.0 Å². The van der Waals surface area contributed by atoms with Gasteiger partial charge in [-0.3, -0.25) is 4.79 Å². The highest BCUT2D eigenvalue weighted by Gasteiger charge is 2.27. The molecule has 0 aromatic heterocycles. The van der Waals surface area contributed by atoms with Crippen molar-refractivity contribution in [1.29, 1.82) is 0 Å². The topological polar surface area (TPSA) is 49.6 Å². The maximum Gasteiger partial charge on any atom is 0.225 e. The maximum absolute atomic E-state index is 12.4. The molecule has 0 bridgehead atoms. The van der Waals surface area contributed by atoms with E-state index in [2.05, 4.69) is 30.8 Å². The van der Waals surface area contributed by atoms with Crippen molar-refractivity contribution < 1.29 is 4.79 Å². The summed E-state index contributed by atoms with van der Waals surface area (Å²) >= 11 is 0. The molecule has 1 aliphatic heterocycles. The first kappa shape index (κ1) is 16.4. The molecule has 19 heavy (non-hydrogen) atoms. The maximum atomic E-state index is 12.4. The van der Waals surface area contributed by atoms with Crippen LogP contribution in [0.4, 0.5) is 0 Å². The van der Waals surface area contributed by atoms with Gasteiger partial charge < -0.3 is 15.5 Å². The van der Waals surface area contributed by atoms with Crippen LogP contribution in [0.3, 0.4) is 0 Å². The second-order valence-corrected chi connectivity index (χ2v) is 6.35. The van der Waals surface area contributed by atoms with Gasteiger partial charge in [-0.1, -0.05) is 13.3 Å². The molecule has 4 heteroatoms. The molecule has 112 valence electrons. The quantitative estimate of drug-likeness (QED) is 0.798. The number of nitrogens with zero attached hydrogens (tertiary/aromatic N) is 2. The Bertz CT molecular complexity index is 279. The van der Waals surface area contributed by atoms with Gasteiger partial charge in [0.25, 0.3) is 0 Å². The monoisotopic (exact) mass is 269 g/mol. The lowest BCUT2D eigenvalue weighted by Crippen LogP contribution is -2.48. The minimum Gasteiger partial charge on any atom is -0.341 e. The molecule has 0 spiro atoms. The molecule has 1 rings (SSSR count). The van der Waals surface area contributed by atoms with Crippen LogP contribution in [0.25, 0.3) is 0 Å². The zero-order chi connectivity index (χ0) is 14.4. The third-order valence-electron chi connectivity index (χ3n) is 4.16. The Hall–Kier alpha value is -0.610. The largest absolute Gasteiger partial charge is 0.341 e. The van der Waals surface area contributed by atoms with Crippen molar-refractivity contribution in [2.45, 2.75) is 58.0 Å². The van der Waals surface area contributed by atoms with E-state index in [0.717, 1.165) is 38.8 Å². The zero-order valence-electron chi connectivity index (χ0n) is 13.1. The Balaban J connectivity index is 2.38. The number of piperidine rings is 1. The predicted octanol–water partition coefficient (Wildman–Crippen LogP) is 1.69. The summed E-state index contributed by atoms with van der Waals surface area (Å²) in [5, 5.41) is 0. The fourth-order valence-corrected chi connectivity index (χ4v) is 2.76. The van der Waals surface area contributed by atoms with Crippen molar-refractivity contribution in [3.8, 4) is 0 Å². The van der Waals surface area contributed by atoms with Gasteiger partial charge in [-0.15, -0.1) is 0 Å². The summed E-state index contributed by atoms with van der Waals surface area (Å²) in [7, 11) is 4.20. The molecule has 1 heterocycles. The van der Waals surface area contributed by atoms with Crippen LogP contribution < -0.4 is 5.73 Å². The van der Waals surface area contributed by atoms with E-state index >= 15 is 0 Å². The smallest absolute Gasteiger partial charge is 0.225 e. The van der Waals surface area contributed by atoms with E-state index < -0.39 is 0 Å². The third-order valence-corrected chi connectivity index (χ3v) is 4.16. The Kier molecular flexibility index (Phi) is 6.80. The van der Waals surface area contributed by atoms with E-state index in [0.29, 0.717) is 11.9 Å². The van der Waals surface area contributed by atoms with Crippen LogP contribution in [0, 0.1) is 5.92 Å². The zero-order valence-corrected chi connectivity index (χ0v) is 13.1. The lowest BCUT2D eigenvalue weighted by Gasteiger charge is -2.37. The lowest BCUT2D eigenvalue weighted by molar-refractivity contribution is -0.137. The van der Waals surface area contributed by atoms with Gasteiger partial charge in [-0.25, -0.2) is 0 Å². The van der Waals surface area contributed by atoms with Crippen LogP contribution in [-0.2, 0) is 4.79 Å². The summed E-state index contributed by atoms with van der Waals surface area (Å²) in [4.78, 5) is 16.7. The van der Waals surface area contributed by atoms with E-state index in [-0.39, 0.29) is 12.0 Å². The lowest BCUT2D eigenvalue weighted by atomic mass is 9.98. The molecule has 2 N–H and O–H groups in total. The van der Waals surface area contributed by atoms with Crippen LogP contribution in [-0.4, -0.2) is 55.0 Å². The Morgan fingerprint density at radius 2 is 2.05 bits per heavy atom. The molecular weight excluding hydrogens is 238 g/mol. The van der Waals surface area contributed by atoms with Crippen molar-refractivity contribution in [2.24, 2.45) is 11.7 Å². The highest BCUT2D eigenvalue weighted by molar-refractivity contribution is 5.78. The summed E-state index contributed by atoms with van der Waals surface area (Å²) in [6.07, 6.45) is 5.36. The molecule has 1 amide bonds. The van der Waals surface area contributed by atoms with E-state index in [9.17, 15) is 4.79 Å². The minimum absolute atomic E-state index is 0.139. The standard InChI is InChI=1S/C15H31N3O/c1-12(7-5-8-13(2)16)15(19)18-10-6-9-14(11-18)17(3)4/h12-14H,5-11,16H2,1-4H3. The van der Waals surface area contributed by atoms with E-state index in [1.807, 2.05) is 6.92 Å². The molecule has 1 saturated heterocycles. The molecular formula is C15H31N3O. The molecule has 1 fully saturated rings. The minimum atomic E-state index is 0.139.